The van der Waals surface area contributed by atoms with E-state index >= 15 is 0 Å². The van der Waals surface area contributed by atoms with Crippen molar-refractivity contribution in [3.8, 4) is 5.75 Å². The highest BCUT2D eigenvalue weighted by Gasteiger charge is 2.40. The van der Waals surface area contributed by atoms with Crippen molar-refractivity contribution in [3.05, 3.63) is 54.1 Å². The molecule has 39 heavy (non-hydrogen) atoms. The summed E-state index contributed by atoms with van der Waals surface area (Å²) in [6.45, 7) is 5.36. The van der Waals surface area contributed by atoms with Gasteiger partial charge in [-0.25, -0.2) is 13.1 Å². The van der Waals surface area contributed by atoms with Crippen LogP contribution in [-0.2, 0) is 21.2 Å². The first kappa shape index (κ1) is 29.4. The number of rotatable bonds is 11. The van der Waals surface area contributed by atoms with E-state index in [0.29, 0.717) is 38.1 Å². The minimum atomic E-state index is -3.61. The average molecular weight is 558 g/mol. The molecule has 1 saturated carbocycles. The quantitative estimate of drug-likeness (QED) is 0.385. The predicted octanol–water partition coefficient (Wildman–Crippen LogP) is 4.02. The van der Waals surface area contributed by atoms with Crippen LogP contribution >= 0.6 is 0 Å². The van der Waals surface area contributed by atoms with Gasteiger partial charge < -0.3 is 20.1 Å². The largest absolute Gasteiger partial charge is 0.497 e. The number of carbonyl (C=O) groups is 1. The van der Waals surface area contributed by atoms with Crippen LogP contribution in [0.3, 0.4) is 0 Å². The number of nitrogens with zero attached hydrogens (tertiary/aromatic N) is 1. The van der Waals surface area contributed by atoms with Gasteiger partial charge in [0.25, 0.3) is 0 Å². The summed E-state index contributed by atoms with van der Waals surface area (Å²) in [5.41, 5.74) is 1.78. The molecule has 2 aromatic rings. The van der Waals surface area contributed by atoms with Gasteiger partial charge in [-0.3, -0.25) is 4.79 Å². The van der Waals surface area contributed by atoms with E-state index in [0.717, 1.165) is 43.4 Å². The van der Waals surface area contributed by atoms with Crippen molar-refractivity contribution in [2.75, 3.05) is 25.1 Å². The number of carbonyl (C=O) groups excluding carboxylic acids is 1. The number of ether oxygens (including phenoxy) is 1. The summed E-state index contributed by atoms with van der Waals surface area (Å²) >= 11 is 0. The Kier molecular flexibility index (Phi) is 9.56. The molecule has 8 nitrogen and oxygen atoms in total. The van der Waals surface area contributed by atoms with Crippen molar-refractivity contribution in [1.29, 1.82) is 0 Å². The Labute approximate surface area is 233 Å². The fraction of sp³-hybridized carbons (Fsp3) is 0.567. The van der Waals surface area contributed by atoms with Crippen molar-refractivity contribution >= 4 is 21.6 Å². The Morgan fingerprint density at radius 1 is 1.10 bits per heavy atom. The van der Waals surface area contributed by atoms with E-state index in [-0.39, 0.29) is 28.3 Å². The van der Waals surface area contributed by atoms with Crippen LogP contribution < -0.4 is 19.7 Å². The second kappa shape index (κ2) is 12.7. The molecule has 2 aromatic carbocycles. The highest BCUT2D eigenvalue weighted by Crippen LogP contribution is 2.41. The Balaban J connectivity index is 1.34. The maximum absolute atomic E-state index is 13.0. The molecule has 2 fully saturated rings. The summed E-state index contributed by atoms with van der Waals surface area (Å²) in [6.07, 6.45) is 5.93. The number of anilines is 1. The van der Waals surface area contributed by atoms with Gasteiger partial charge in [0.1, 0.15) is 5.75 Å². The minimum absolute atomic E-state index is 0.0708. The number of aliphatic hydroxyl groups excluding tert-OH is 1. The second-order valence-corrected chi connectivity index (χ2v) is 12.8. The van der Waals surface area contributed by atoms with Crippen molar-refractivity contribution in [3.63, 3.8) is 0 Å². The number of para-hydroxylation sites is 1. The zero-order chi connectivity index (χ0) is 28.0. The van der Waals surface area contributed by atoms with Crippen molar-refractivity contribution in [1.82, 2.24) is 10.0 Å². The molecule has 1 amide bonds. The summed E-state index contributed by atoms with van der Waals surface area (Å²) in [5, 5.41) is 14.1. The van der Waals surface area contributed by atoms with Crippen molar-refractivity contribution in [2.24, 2.45) is 5.41 Å². The maximum Gasteiger partial charge on any atom is 0.240 e. The van der Waals surface area contributed by atoms with E-state index in [4.69, 9.17) is 4.74 Å². The molecule has 0 aromatic heterocycles. The van der Waals surface area contributed by atoms with E-state index < -0.39 is 16.1 Å². The molecule has 214 valence electrons. The van der Waals surface area contributed by atoms with Crippen LogP contribution in [-0.4, -0.2) is 57.8 Å². The van der Waals surface area contributed by atoms with E-state index in [9.17, 15) is 18.3 Å². The van der Waals surface area contributed by atoms with Gasteiger partial charge in [-0.2, -0.15) is 0 Å². The molecule has 2 aliphatic rings. The molecule has 4 rings (SSSR count). The fourth-order valence-corrected chi connectivity index (χ4v) is 7.23. The first-order valence-corrected chi connectivity index (χ1v) is 15.6. The van der Waals surface area contributed by atoms with Crippen LogP contribution in [0.4, 0.5) is 5.69 Å². The first-order chi connectivity index (χ1) is 18.7. The van der Waals surface area contributed by atoms with Gasteiger partial charge >= 0.3 is 0 Å². The van der Waals surface area contributed by atoms with Gasteiger partial charge in [0.15, 0.2) is 0 Å². The number of methoxy groups -OCH3 is 1. The van der Waals surface area contributed by atoms with E-state index in [1.807, 2.05) is 25.1 Å². The molecule has 1 aliphatic heterocycles. The Hall–Kier alpha value is -2.62. The van der Waals surface area contributed by atoms with Gasteiger partial charge in [-0.15, -0.1) is 0 Å². The van der Waals surface area contributed by atoms with Crippen LogP contribution in [0, 0.1) is 5.41 Å². The number of sulfonamides is 1. The van der Waals surface area contributed by atoms with Crippen LogP contribution in [0.5, 0.6) is 5.75 Å². The molecule has 1 aliphatic carbocycles. The minimum Gasteiger partial charge on any atom is -0.497 e. The maximum atomic E-state index is 13.0. The Morgan fingerprint density at radius 2 is 1.74 bits per heavy atom. The summed E-state index contributed by atoms with van der Waals surface area (Å²) in [7, 11) is -2.07. The molecule has 0 radical (unpaired) electrons. The predicted molar refractivity (Wildman–Crippen MR) is 153 cm³/mol. The standard InChI is InChI=1S/C30H43N3O5S/c1-4-30(17-7-8-18-30)29(35)31-22(2)28(34)21-23-9-5-6-10-27(23)33-19-15-24(16-20-33)32-39(36,37)26-13-11-25(38-3)12-14-26/h5-6,9-14,22,24,28,32,34H,4,7-8,15-21H2,1-3H3,(H,31,35)/t22-,28+/m0/s1. The van der Waals surface area contributed by atoms with Crippen LogP contribution in [0.25, 0.3) is 0 Å². The summed E-state index contributed by atoms with van der Waals surface area (Å²) in [6, 6.07) is 13.9. The van der Waals surface area contributed by atoms with Gasteiger partial charge in [0.2, 0.25) is 15.9 Å². The normalized spacial score (nSPS) is 19.4. The van der Waals surface area contributed by atoms with Crippen LogP contribution in [0.15, 0.2) is 53.4 Å². The molecule has 1 heterocycles. The third kappa shape index (κ3) is 6.94. The zero-order valence-electron chi connectivity index (χ0n) is 23.4. The number of hydrogen-bond acceptors (Lipinski definition) is 6. The van der Waals surface area contributed by atoms with Crippen molar-refractivity contribution in [2.45, 2.75) is 88.3 Å². The monoisotopic (exact) mass is 557 g/mol. The topological polar surface area (TPSA) is 108 Å². The third-order valence-corrected chi connectivity index (χ3v) is 10.1. The molecule has 0 bridgehead atoms. The fourth-order valence-electron chi connectivity index (χ4n) is 5.92. The molecule has 9 heteroatoms. The highest BCUT2D eigenvalue weighted by atomic mass is 32.2. The van der Waals surface area contributed by atoms with Gasteiger partial charge in [-0.1, -0.05) is 38.0 Å². The van der Waals surface area contributed by atoms with E-state index in [2.05, 4.69) is 27.9 Å². The van der Waals surface area contributed by atoms with Gasteiger partial charge in [-0.05, 0) is 74.9 Å². The van der Waals surface area contributed by atoms with E-state index in [1.165, 1.54) is 0 Å². The summed E-state index contributed by atoms with van der Waals surface area (Å²) < 4.78 is 33.7. The SMILES string of the molecule is CCC1(C(=O)N[C@@H](C)[C@H](O)Cc2ccccc2N2CCC(NS(=O)(=O)c3ccc(OC)cc3)CC2)CCCC1. The summed E-state index contributed by atoms with van der Waals surface area (Å²) in [5.74, 6) is 0.683. The zero-order valence-corrected chi connectivity index (χ0v) is 24.2. The molecular weight excluding hydrogens is 514 g/mol. The molecule has 3 N–H and O–H groups in total. The number of amides is 1. The Bertz CT molecular complexity index is 1200. The molecular formula is C30H43N3O5S. The molecule has 2 atom stereocenters. The lowest BCUT2D eigenvalue weighted by Crippen LogP contribution is -2.48. The number of piperidine rings is 1. The molecule has 0 spiro atoms. The second-order valence-electron chi connectivity index (χ2n) is 11.1. The first-order valence-electron chi connectivity index (χ1n) is 14.2. The lowest BCUT2D eigenvalue weighted by molar-refractivity contribution is -0.132. The average Bonchev–Trinajstić information content (AvgIpc) is 3.44. The molecule has 1 saturated heterocycles. The van der Waals surface area contributed by atoms with Gasteiger partial charge in [0.05, 0.1) is 24.2 Å². The smallest absolute Gasteiger partial charge is 0.240 e. The molecule has 0 unspecified atom stereocenters. The summed E-state index contributed by atoms with van der Waals surface area (Å²) in [4.78, 5) is 15.5. The number of nitrogens with one attached hydrogen (secondary N) is 2. The highest BCUT2D eigenvalue weighted by molar-refractivity contribution is 7.89. The number of benzene rings is 2. The third-order valence-electron chi connectivity index (χ3n) is 8.60. The Morgan fingerprint density at radius 3 is 2.36 bits per heavy atom. The van der Waals surface area contributed by atoms with Crippen LogP contribution in [0.2, 0.25) is 0 Å². The number of hydrogen-bond donors (Lipinski definition) is 3. The van der Waals surface area contributed by atoms with E-state index in [1.54, 1.807) is 31.4 Å². The number of aliphatic hydroxyl groups is 1. The van der Waals surface area contributed by atoms with Crippen LogP contribution in [0.1, 0.15) is 64.4 Å². The lowest BCUT2D eigenvalue weighted by atomic mass is 9.82. The lowest BCUT2D eigenvalue weighted by Gasteiger charge is -2.35. The van der Waals surface area contributed by atoms with Crippen molar-refractivity contribution < 1.29 is 23.1 Å². The van der Waals surface area contributed by atoms with Gasteiger partial charge in [0, 0.05) is 36.7 Å².